The number of anilines is 1. The number of piperazine rings is 1. The average Bonchev–Trinajstić information content (AvgIpc) is 3.57. The van der Waals surface area contributed by atoms with Gasteiger partial charge in [-0.15, -0.1) is 0 Å². The summed E-state index contributed by atoms with van der Waals surface area (Å²) < 4.78 is 15.4. The summed E-state index contributed by atoms with van der Waals surface area (Å²) in [6, 6.07) is 12.6. The fourth-order valence-electron chi connectivity index (χ4n) is 3.37. The number of rotatable bonds is 6. The van der Waals surface area contributed by atoms with Gasteiger partial charge in [-0.2, -0.15) is 0 Å². The minimum absolute atomic E-state index is 0.0954. The van der Waals surface area contributed by atoms with Gasteiger partial charge in [0.25, 0.3) is 17.7 Å². The number of esters is 1. The van der Waals surface area contributed by atoms with E-state index in [0.717, 1.165) is 0 Å². The van der Waals surface area contributed by atoms with Crippen LogP contribution in [-0.4, -0.2) is 66.3 Å². The van der Waals surface area contributed by atoms with Gasteiger partial charge in [0.2, 0.25) is 0 Å². The van der Waals surface area contributed by atoms with Gasteiger partial charge in [-0.3, -0.25) is 14.4 Å². The molecule has 0 spiro atoms. The molecule has 33 heavy (non-hydrogen) atoms. The van der Waals surface area contributed by atoms with E-state index in [1.54, 1.807) is 41.3 Å². The number of carbonyl (C=O) groups is 4. The Morgan fingerprint density at radius 1 is 0.818 bits per heavy atom. The predicted molar refractivity (Wildman–Crippen MR) is 115 cm³/mol. The SMILES string of the molecule is O=C(Nc1ccccc1C(=O)OCC(=O)N1CCN(C(=O)c2ccco2)CC1)c1ccco1. The van der Waals surface area contributed by atoms with Crippen LogP contribution in [-0.2, 0) is 9.53 Å². The summed E-state index contributed by atoms with van der Waals surface area (Å²) in [4.78, 5) is 52.7. The zero-order valence-electron chi connectivity index (χ0n) is 17.6. The summed E-state index contributed by atoms with van der Waals surface area (Å²) in [6.45, 7) is 0.879. The van der Waals surface area contributed by atoms with Gasteiger partial charge >= 0.3 is 5.97 Å². The van der Waals surface area contributed by atoms with Crippen molar-refractivity contribution in [2.24, 2.45) is 0 Å². The molecular formula is C23H21N3O7. The van der Waals surface area contributed by atoms with Crippen molar-refractivity contribution in [2.45, 2.75) is 0 Å². The molecule has 1 aromatic carbocycles. The van der Waals surface area contributed by atoms with E-state index in [9.17, 15) is 19.2 Å². The molecule has 0 bridgehead atoms. The number of nitrogens with one attached hydrogen (secondary N) is 1. The standard InChI is InChI=1S/C23H21N3O7/c27-20(25-9-11-26(12-10-25)22(29)19-8-4-14-32-19)15-33-23(30)16-5-1-2-6-17(16)24-21(28)18-7-3-13-31-18/h1-8,13-14H,9-12,15H2,(H,24,28). The highest BCUT2D eigenvalue weighted by Gasteiger charge is 2.27. The van der Waals surface area contributed by atoms with E-state index in [1.807, 2.05) is 0 Å². The number of benzene rings is 1. The van der Waals surface area contributed by atoms with Crippen LogP contribution in [0.4, 0.5) is 5.69 Å². The second-order valence-electron chi connectivity index (χ2n) is 7.20. The molecule has 170 valence electrons. The zero-order chi connectivity index (χ0) is 23.2. The molecule has 3 heterocycles. The second-order valence-corrected chi connectivity index (χ2v) is 7.20. The van der Waals surface area contributed by atoms with Crippen molar-refractivity contribution in [3.8, 4) is 0 Å². The van der Waals surface area contributed by atoms with Crippen LogP contribution in [0.2, 0.25) is 0 Å². The quantitative estimate of drug-likeness (QED) is 0.571. The molecule has 1 aliphatic rings. The van der Waals surface area contributed by atoms with Crippen molar-refractivity contribution < 1.29 is 32.7 Å². The Labute approximate surface area is 188 Å². The van der Waals surface area contributed by atoms with E-state index in [4.69, 9.17) is 13.6 Å². The zero-order valence-corrected chi connectivity index (χ0v) is 17.6. The molecule has 0 atom stereocenters. The number of amides is 3. The topological polar surface area (TPSA) is 122 Å². The summed E-state index contributed by atoms with van der Waals surface area (Å²) in [6.07, 6.45) is 2.80. The summed E-state index contributed by atoms with van der Waals surface area (Å²) >= 11 is 0. The van der Waals surface area contributed by atoms with Crippen LogP contribution in [0, 0.1) is 0 Å². The summed E-state index contributed by atoms with van der Waals surface area (Å²) in [5.41, 5.74) is 0.348. The van der Waals surface area contributed by atoms with E-state index in [-0.39, 0.29) is 34.6 Å². The van der Waals surface area contributed by atoms with Gasteiger partial charge < -0.3 is 28.7 Å². The van der Waals surface area contributed by atoms with E-state index >= 15 is 0 Å². The molecule has 1 saturated heterocycles. The molecule has 1 aliphatic heterocycles. The lowest BCUT2D eigenvalue weighted by Gasteiger charge is -2.34. The van der Waals surface area contributed by atoms with E-state index in [1.165, 1.54) is 29.6 Å². The van der Waals surface area contributed by atoms with Gasteiger partial charge in [0.1, 0.15) is 0 Å². The lowest BCUT2D eigenvalue weighted by molar-refractivity contribution is -0.136. The van der Waals surface area contributed by atoms with E-state index in [0.29, 0.717) is 26.2 Å². The largest absolute Gasteiger partial charge is 0.459 e. The summed E-state index contributed by atoms with van der Waals surface area (Å²) in [5, 5.41) is 2.60. The van der Waals surface area contributed by atoms with Gasteiger partial charge in [0.15, 0.2) is 18.1 Å². The Hall–Kier alpha value is -4.34. The third-order valence-electron chi connectivity index (χ3n) is 5.12. The van der Waals surface area contributed by atoms with Crippen molar-refractivity contribution in [3.63, 3.8) is 0 Å². The van der Waals surface area contributed by atoms with Gasteiger partial charge in [-0.25, -0.2) is 4.79 Å². The van der Waals surface area contributed by atoms with Crippen LogP contribution in [0.15, 0.2) is 69.9 Å². The number of nitrogens with zero attached hydrogens (tertiary/aromatic N) is 2. The first-order valence-electron chi connectivity index (χ1n) is 10.2. The van der Waals surface area contributed by atoms with Gasteiger partial charge in [0, 0.05) is 26.2 Å². The molecule has 0 radical (unpaired) electrons. The highest BCUT2D eigenvalue weighted by molar-refractivity contribution is 6.06. The van der Waals surface area contributed by atoms with Crippen molar-refractivity contribution in [3.05, 3.63) is 78.1 Å². The van der Waals surface area contributed by atoms with Crippen molar-refractivity contribution in [2.75, 3.05) is 38.1 Å². The Balaban J connectivity index is 1.29. The molecule has 1 fully saturated rings. The van der Waals surface area contributed by atoms with Crippen molar-refractivity contribution >= 4 is 29.4 Å². The molecule has 10 heteroatoms. The average molecular weight is 451 g/mol. The molecule has 0 unspecified atom stereocenters. The maximum Gasteiger partial charge on any atom is 0.340 e. The molecule has 4 rings (SSSR count). The van der Waals surface area contributed by atoms with Gasteiger partial charge in [0.05, 0.1) is 23.8 Å². The fraction of sp³-hybridized carbons (Fsp3) is 0.217. The molecule has 10 nitrogen and oxygen atoms in total. The minimum atomic E-state index is -0.745. The van der Waals surface area contributed by atoms with Crippen LogP contribution in [0.5, 0.6) is 0 Å². The van der Waals surface area contributed by atoms with Crippen molar-refractivity contribution in [1.29, 1.82) is 0 Å². The maximum absolute atomic E-state index is 12.6. The third kappa shape index (κ3) is 5.12. The van der Waals surface area contributed by atoms with Gasteiger partial charge in [-0.1, -0.05) is 12.1 Å². The summed E-state index contributed by atoms with van der Waals surface area (Å²) in [5.74, 6) is -1.51. The van der Waals surface area contributed by atoms with Crippen LogP contribution < -0.4 is 5.32 Å². The van der Waals surface area contributed by atoms with Crippen LogP contribution in [0.1, 0.15) is 31.5 Å². The molecular weight excluding hydrogens is 430 g/mol. The Morgan fingerprint density at radius 3 is 2.12 bits per heavy atom. The first-order chi connectivity index (χ1) is 16.0. The van der Waals surface area contributed by atoms with E-state index in [2.05, 4.69) is 5.32 Å². The monoisotopic (exact) mass is 451 g/mol. The highest BCUT2D eigenvalue weighted by Crippen LogP contribution is 2.18. The molecule has 2 aromatic heterocycles. The molecule has 0 aliphatic carbocycles. The van der Waals surface area contributed by atoms with Crippen LogP contribution in [0.3, 0.4) is 0 Å². The normalized spacial score (nSPS) is 13.5. The predicted octanol–water partition coefficient (Wildman–Crippen LogP) is 2.27. The molecule has 3 amide bonds. The second kappa shape index (κ2) is 9.86. The number of hydrogen-bond donors (Lipinski definition) is 1. The Kier molecular flexibility index (Phi) is 6.53. The number of para-hydroxylation sites is 1. The number of furan rings is 2. The lowest BCUT2D eigenvalue weighted by atomic mass is 10.1. The van der Waals surface area contributed by atoms with Gasteiger partial charge in [-0.05, 0) is 36.4 Å². The number of hydrogen-bond acceptors (Lipinski definition) is 7. The van der Waals surface area contributed by atoms with E-state index < -0.39 is 18.5 Å². The Morgan fingerprint density at radius 2 is 1.45 bits per heavy atom. The Bertz CT molecular complexity index is 1130. The van der Waals surface area contributed by atoms with Crippen molar-refractivity contribution in [1.82, 2.24) is 9.80 Å². The summed E-state index contributed by atoms with van der Waals surface area (Å²) in [7, 11) is 0. The van der Waals surface area contributed by atoms with Crippen LogP contribution >= 0.6 is 0 Å². The number of carbonyl (C=O) groups excluding carboxylic acids is 4. The molecule has 3 aromatic rings. The lowest BCUT2D eigenvalue weighted by Crippen LogP contribution is -2.51. The number of ether oxygens (including phenoxy) is 1. The smallest absolute Gasteiger partial charge is 0.340 e. The molecule has 1 N–H and O–H groups in total. The fourth-order valence-corrected chi connectivity index (χ4v) is 3.37. The maximum atomic E-state index is 12.6. The first kappa shape index (κ1) is 21.9. The first-order valence-corrected chi connectivity index (χ1v) is 10.2. The third-order valence-corrected chi connectivity index (χ3v) is 5.12. The van der Waals surface area contributed by atoms with Crippen LogP contribution in [0.25, 0.3) is 0 Å². The highest BCUT2D eigenvalue weighted by atomic mass is 16.5. The molecule has 0 saturated carbocycles. The minimum Gasteiger partial charge on any atom is -0.459 e.